The quantitative estimate of drug-likeness (QED) is 0.776. The molecule has 104 valence electrons. The number of aryl methyl sites for hydroxylation is 1. The number of benzene rings is 2. The molecule has 0 fully saturated rings. The van der Waals surface area contributed by atoms with Crippen LogP contribution in [0, 0.1) is 12.7 Å². The van der Waals surface area contributed by atoms with E-state index in [4.69, 9.17) is 4.74 Å². The molecule has 0 atom stereocenters. The first kappa shape index (κ1) is 14.7. The average molecular weight is 337 g/mol. The predicted octanol–water partition coefficient (Wildman–Crippen LogP) is 4.33. The molecule has 0 N–H and O–H groups in total. The highest BCUT2D eigenvalue weighted by atomic mass is 79.9. The molecule has 0 saturated carbocycles. The summed E-state index contributed by atoms with van der Waals surface area (Å²) in [7, 11) is 1.59. The topological polar surface area (TPSA) is 26.3 Å². The van der Waals surface area contributed by atoms with E-state index in [2.05, 4.69) is 15.9 Å². The van der Waals surface area contributed by atoms with Crippen LogP contribution in [-0.2, 0) is 6.42 Å². The number of ketones is 1. The number of carbonyl (C=O) groups is 1. The first-order chi connectivity index (χ1) is 9.49. The summed E-state index contributed by atoms with van der Waals surface area (Å²) < 4.78 is 19.1. The van der Waals surface area contributed by atoms with Gasteiger partial charge in [-0.05, 0) is 54.4 Å². The van der Waals surface area contributed by atoms with E-state index in [9.17, 15) is 9.18 Å². The van der Waals surface area contributed by atoms with Gasteiger partial charge < -0.3 is 4.74 Å². The number of rotatable bonds is 4. The Hall–Kier alpha value is -1.68. The molecule has 0 heterocycles. The van der Waals surface area contributed by atoms with E-state index >= 15 is 0 Å². The van der Waals surface area contributed by atoms with Crippen LogP contribution in [0.2, 0.25) is 0 Å². The number of ether oxygens (including phenoxy) is 1. The van der Waals surface area contributed by atoms with Crippen molar-refractivity contribution in [3.63, 3.8) is 0 Å². The molecule has 2 aromatic rings. The van der Waals surface area contributed by atoms with E-state index in [0.717, 1.165) is 11.3 Å². The van der Waals surface area contributed by atoms with Crippen molar-refractivity contribution in [3.8, 4) is 5.75 Å². The Morgan fingerprint density at radius 3 is 2.60 bits per heavy atom. The molecule has 0 aliphatic carbocycles. The van der Waals surface area contributed by atoms with Crippen molar-refractivity contribution in [3.05, 3.63) is 63.4 Å². The van der Waals surface area contributed by atoms with Gasteiger partial charge in [0, 0.05) is 16.5 Å². The molecule has 20 heavy (non-hydrogen) atoms. The molecule has 0 aromatic heterocycles. The molecule has 0 amide bonds. The second-order valence-electron chi connectivity index (χ2n) is 4.56. The normalized spacial score (nSPS) is 10.4. The highest BCUT2D eigenvalue weighted by molar-refractivity contribution is 9.10. The minimum Gasteiger partial charge on any atom is -0.496 e. The summed E-state index contributed by atoms with van der Waals surface area (Å²) >= 11 is 3.22. The fourth-order valence-corrected chi connectivity index (χ4v) is 2.57. The average Bonchev–Trinajstić information content (AvgIpc) is 2.37. The molecule has 0 aliphatic rings. The van der Waals surface area contributed by atoms with Crippen molar-refractivity contribution in [2.45, 2.75) is 13.3 Å². The maximum atomic E-state index is 13.3. The SMILES string of the molecule is COc1ccc(C(=O)Cc2cc(F)cc(Br)c2)cc1C. The summed E-state index contributed by atoms with van der Waals surface area (Å²) in [6, 6.07) is 9.77. The third kappa shape index (κ3) is 3.45. The van der Waals surface area contributed by atoms with E-state index in [1.54, 1.807) is 31.4 Å². The zero-order chi connectivity index (χ0) is 14.7. The molecule has 0 radical (unpaired) electrons. The van der Waals surface area contributed by atoms with Gasteiger partial charge in [0.25, 0.3) is 0 Å². The van der Waals surface area contributed by atoms with Crippen LogP contribution >= 0.6 is 15.9 Å². The second-order valence-corrected chi connectivity index (χ2v) is 5.48. The number of carbonyl (C=O) groups excluding carboxylic acids is 1. The Morgan fingerprint density at radius 1 is 1.25 bits per heavy atom. The van der Waals surface area contributed by atoms with Gasteiger partial charge >= 0.3 is 0 Å². The van der Waals surface area contributed by atoms with Crippen molar-refractivity contribution < 1.29 is 13.9 Å². The molecule has 2 nitrogen and oxygen atoms in total. The summed E-state index contributed by atoms with van der Waals surface area (Å²) in [5.41, 5.74) is 2.15. The van der Waals surface area contributed by atoms with Gasteiger partial charge in [-0.1, -0.05) is 15.9 Å². The zero-order valence-electron chi connectivity index (χ0n) is 11.2. The van der Waals surface area contributed by atoms with E-state index in [1.165, 1.54) is 12.1 Å². The lowest BCUT2D eigenvalue weighted by Gasteiger charge is -2.07. The van der Waals surface area contributed by atoms with Crippen molar-refractivity contribution in [2.24, 2.45) is 0 Å². The van der Waals surface area contributed by atoms with Gasteiger partial charge in [0.2, 0.25) is 0 Å². The monoisotopic (exact) mass is 336 g/mol. The zero-order valence-corrected chi connectivity index (χ0v) is 12.8. The molecule has 0 unspecified atom stereocenters. The van der Waals surface area contributed by atoms with E-state index in [-0.39, 0.29) is 18.0 Å². The number of hydrogen-bond acceptors (Lipinski definition) is 2. The van der Waals surface area contributed by atoms with Gasteiger partial charge in [-0.3, -0.25) is 4.79 Å². The molecule has 0 spiro atoms. The Morgan fingerprint density at radius 2 is 2.00 bits per heavy atom. The Bertz CT molecular complexity index is 633. The highest BCUT2D eigenvalue weighted by Gasteiger charge is 2.10. The molecule has 0 saturated heterocycles. The van der Waals surface area contributed by atoms with E-state index in [0.29, 0.717) is 15.6 Å². The van der Waals surface area contributed by atoms with E-state index in [1.807, 2.05) is 6.92 Å². The highest BCUT2D eigenvalue weighted by Crippen LogP contribution is 2.21. The molecule has 4 heteroatoms. The van der Waals surface area contributed by atoms with Crippen LogP contribution in [0.25, 0.3) is 0 Å². The van der Waals surface area contributed by atoms with Crippen LogP contribution < -0.4 is 4.74 Å². The standard InChI is InChI=1S/C16H14BrFO2/c1-10-5-12(3-4-16(10)20-2)15(19)8-11-6-13(17)9-14(18)7-11/h3-7,9H,8H2,1-2H3. The summed E-state index contributed by atoms with van der Waals surface area (Å²) in [5.74, 6) is 0.344. The van der Waals surface area contributed by atoms with Gasteiger partial charge in [-0.25, -0.2) is 4.39 Å². The van der Waals surface area contributed by atoms with Crippen LogP contribution in [-0.4, -0.2) is 12.9 Å². The minimum atomic E-state index is -0.354. The van der Waals surface area contributed by atoms with Crippen molar-refractivity contribution >= 4 is 21.7 Å². The van der Waals surface area contributed by atoms with Crippen molar-refractivity contribution in [1.82, 2.24) is 0 Å². The second kappa shape index (κ2) is 6.18. The van der Waals surface area contributed by atoms with Crippen LogP contribution in [0.4, 0.5) is 4.39 Å². The molecule has 0 bridgehead atoms. The number of halogens is 2. The minimum absolute atomic E-state index is 0.0479. The van der Waals surface area contributed by atoms with Crippen LogP contribution in [0.15, 0.2) is 40.9 Å². The lowest BCUT2D eigenvalue weighted by molar-refractivity contribution is 0.0993. The molecule has 2 rings (SSSR count). The lowest BCUT2D eigenvalue weighted by Crippen LogP contribution is -2.04. The smallest absolute Gasteiger partial charge is 0.167 e. The number of Topliss-reactive ketones (excluding diaryl/α,β-unsaturated/α-hetero) is 1. The summed E-state index contributed by atoms with van der Waals surface area (Å²) in [6.07, 6.45) is 0.169. The van der Waals surface area contributed by atoms with E-state index < -0.39 is 0 Å². The fourth-order valence-electron chi connectivity index (χ4n) is 2.05. The number of hydrogen-bond donors (Lipinski definition) is 0. The van der Waals surface area contributed by atoms with Gasteiger partial charge in [0.1, 0.15) is 11.6 Å². The van der Waals surface area contributed by atoms with Crippen LogP contribution in [0.3, 0.4) is 0 Å². The summed E-state index contributed by atoms with van der Waals surface area (Å²) in [6.45, 7) is 1.88. The van der Waals surface area contributed by atoms with Crippen molar-refractivity contribution in [1.29, 1.82) is 0 Å². The Balaban J connectivity index is 2.21. The summed E-state index contributed by atoms with van der Waals surface area (Å²) in [4.78, 5) is 12.2. The largest absolute Gasteiger partial charge is 0.496 e. The molecule has 0 aliphatic heterocycles. The van der Waals surface area contributed by atoms with Crippen LogP contribution in [0.1, 0.15) is 21.5 Å². The summed E-state index contributed by atoms with van der Waals surface area (Å²) in [5, 5.41) is 0. The lowest BCUT2D eigenvalue weighted by atomic mass is 10.0. The maximum absolute atomic E-state index is 13.3. The first-order valence-corrected chi connectivity index (χ1v) is 6.91. The Kier molecular flexibility index (Phi) is 4.55. The number of methoxy groups -OCH3 is 1. The fraction of sp³-hybridized carbons (Fsp3) is 0.188. The van der Waals surface area contributed by atoms with Gasteiger partial charge in [0.15, 0.2) is 5.78 Å². The Labute approximate surface area is 125 Å². The molecular weight excluding hydrogens is 323 g/mol. The van der Waals surface area contributed by atoms with Gasteiger partial charge in [0.05, 0.1) is 7.11 Å². The third-order valence-electron chi connectivity index (χ3n) is 3.00. The third-order valence-corrected chi connectivity index (χ3v) is 3.46. The van der Waals surface area contributed by atoms with Crippen molar-refractivity contribution in [2.75, 3.05) is 7.11 Å². The predicted molar refractivity (Wildman–Crippen MR) is 79.9 cm³/mol. The molecule has 2 aromatic carbocycles. The van der Waals surface area contributed by atoms with Crippen LogP contribution in [0.5, 0.6) is 5.75 Å². The first-order valence-electron chi connectivity index (χ1n) is 6.12. The molecular formula is C16H14BrFO2. The maximum Gasteiger partial charge on any atom is 0.167 e. The van der Waals surface area contributed by atoms with Gasteiger partial charge in [-0.15, -0.1) is 0 Å². The van der Waals surface area contributed by atoms with Gasteiger partial charge in [-0.2, -0.15) is 0 Å².